The summed E-state index contributed by atoms with van der Waals surface area (Å²) in [7, 11) is 0. The fourth-order valence-corrected chi connectivity index (χ4v) is 2.90. The second-order valence-corrected chi connectivity index (χ2v) is 6.70. The second kappa shape index (κ2) is 7.44. The first-order valence-corrected chi connectivity index (χ1v) is 8.72. The lowest BCUT2D eigenvalue weighted by atomic mass is 10.0. The molecule has 0 saturated heterocycles. The quantitative estimate of drug-likeness (QED) is 0.582. The molecule has 3 nitrogen and oxygen atoms in total. The number of aliphatic hydroxyl groups excluding tert-OH is 1. The van der Waals surface area contributed by atoms with Crippen LogP contribution in [0, 0.1) is 12.8 Å². The van der Waals surface area contributed by atoms with Crippen LogP contribution in [0.1, 0.15) is 18.2 Å². The van der Waals surface area contributed by atoms with Crippen LogP contribution in [0.15, 0.2) is 73.6 Å². The predicted molar refractivity (Wildman–Crippen MR) is 110 cm³/mol. The van der Waals surface area contributed by atoms with Crippen LogP contribution in [-0.2, 0) is 0 Å². The summed E-state index contributed by atoms with van der Waals surface area (Å²) in [6.07, 6.45) is 1.88. The molecule has 132 valence electrons. The third-order valence-electron chi connectivity index (χ3n) is 4.64. The highest BCUT2D eigenvalue weighted by atomic mass is 16.3. The molecule has 2 aromatic carbocycles. The molecule has 0 aliphatic rings. The minimum Gasteiger partial charge on any atom is -0.513 e. The molecule has 3 heteroatoms. The highest BCUT2D eigenvalue weighted by Gasteiger charge is 2.10. The third-order valence-corrected chi connectivity index (χ3v) is 4.64. The molecule has 0 spiro atoms. The number of aryl methyl sites for hydroxylation is 1. The van der Waals surface area contributed by atoms with Gasteiger partial charge in [-0.1, -0.05) is 56.5 Å². The van der Waals surface area contributed by atoms with Gasteiger partial charge in [-0.2, -0.15) is 0 Å². The van der Waals surface area contributed by atoms with Crippen molar-refractivity contribution in [1.82, 2.24) is 10.3 Å². The van der Waals surface area contributed by atoms with Crippen molar-refractivity contribution >= 4 is 16.5 Å². The van der Waals surface area contributed by atoms with Crippen molar-refractivity contribution in [1.29, 1.82) is 0 Å². The van der Waals surface area contributed by atoms with Gasteiger partial charge in [-0.25, -0.2) is 0 Å². The molecule has 1 aromatic heterocycles. The average Bonchev–Trinajstić information content (AvgIpc) is 2.65. The minimum absolute atomic E-state index is 0.0380. The Balaban J connectivity index is 1.82. The summed E-state index contributed by atoms with van der Waals surface area (Å²) in [6.45, 7) is 12.2. The molecule has 0 amide bonds. The SMILES string of the molecule is C=C(NCC(C)C(=C)O)c1ncc(-c2ccc3ccccc3c2)cc1C. The van der Waals surface area contributed by atoms with E-state index in [1.807, 2.05) is 26.1 Å². The maximum absolute atomic E-state index is 9.42. The van der Waals surface area contributed by atoms with Crippen LogP contribution in [0.25, 0.3) is 27.6 Å². The lowest BCUT2D eigenvalue weighted by molar-refractivity contribution is 0.342. The Bertz CT molecular complexity index is 975. The molecule has 1 heterocycles. The van der Waals surface area contributed by atoms with Gasteiger partial charge in [0.1, 0.15) is 0 Å². The summed E-state index contributed by atoms with van der Waals surface area (Å²) in [5.74, 6) is 0.130. The maximum Gasteiger partial charge on any atom is 0.0896 e. The Morgan fingerprint density at radius 1 is 1.08 bits per heavy atom. The molecule has 0 radical (unpaired) electrons. The van der Waals surface area contributed by atoms with Crippen LogP contribution in [0.4, 0.5) is 0 Å². The van der Waals surface area contributed by atoms with Gasteiger partial charge in [0.2, 0.25) is 0 Å². The molecule has 3 aromatic rings. The first-order valence-electron chi connectivity index (χ1n) is 8.72. The highest BCUT2D eigenvalue weighted by molar-refractivity contribution is 5.87. The average molecular weight is 344 g/mol. The fourth-order valence-electron chi connectivity index (χ4n) is 2.90. The molecule has 0 fully saturated rings. The van der Waals surface area contributed by atoms with Crippen LogP contribution in [0.5, 0.6) is 0 Å². The summed E-state index contributed by atoms with van der Waals surface area (Å²) < 4.78 is 0. The van der Waals surface area contributed by atoms with Crippen molar-refractivity contribution < 1.29 is 5.11 Å². The Morgan fingerprint density at radius 3 is 2.50 bits per heavy atom. The largest absolute Gasteiger partial charge is 0.513 e. The maximum atomic E-state index is 9.42. The van der Waals surface area contributed by atoms with E-state index in [1.54, 1.807) is 0 Å². The first kappa shape index (κ1) is 17.7. The summed E-state index contributed by atoms with van der Waals surface area (Å²) in [5.41, 5.74) is 4.88. The number of benzene rings is 2. The number of nitrogens with one attached hydrogen (secondary N) is 1. The van der Waals surface area contributed by atoms with Crippen molar-refractivity contribution in [2.45, 2.75) is 13.8 Å². The van der Waals surface area contributed by atoms with Gasteiger partial charge in [0.25, 0.3) is 0 Å². The Kier molecular flexibility index (Phi) is 5.08. The molecule has 0 saturated carbocycles. The van der Waals surface area contributed by atoms with Gasteiger partial charge in [-0.3, -0.25) is 4.98 Å². The van der Waals surface area contributed by atoms with E-state index in [1.165, 1.54) is 10.8 Å². The Hall–Kier alpha value is -3.07. The third kappa shape index (κ3) is 3.77. The number of rotatable bonds is 6. The van der Waals surface area contributed by atoms with E-state index in [4.69, 9.17) is 0 Å². The smallest absolute Gasteiger partial charge is 0.0896 e. The molecule has 0 aliphatic carbocycles. The van der Waals surface area contributed by atoms with Gasteiger partial charge < -0.3 is 10.4 Å². The van der Waals surface area contributed by atoms with E-state index in [9.17, 15) is 5.11 Å². The highest BCUT2D eigenvalue weighted by Crippen LogP contribution is 2.26. The standard InChI is InChI=1S/C23H24N2O/c1-15-11-22(21-10-9-19-7-5-6-8-20(19)12-21)14-25-23(15)17(3)24-13-16(2)18(4)26/h5-12,14,16,24,26H,3-4,13H2,1-2H3. The van der Waals surface area contributed by atoms with Gasteiger partial charge in [-0.15, -0.1) is 0 Å². The topological polar surface area (TPSA) is 45.1 Å². The number of hydrogen-bond donors (Lipinski definition) is 2. The van der Waals surface area contributed by atoms with Gasteiger partial charge in [0.15, 0.2) is 0 Å². The number of nitrogens with zero attached hydrogens (tertiary/aromatic N) is 1. The van der Waals surface area contributed by atoms with E-state index < -0.39 is 0 Å². The molecule has 1 atom stereocenters. The predicted octanol–water partition coefficient (Wildman–Crippen LogP) is 5.48. The first-order chi connectivity index (χ1) is 12.5. The zero-order chi connectivity index (χ0) is 18.7. The van der Waals surface area contributed by atoms with Crippen molar-refractivity contribution in [2.75, 3.05) is 6.54 Å². The van der Waals surface area contributed by atoms with E-state index >= 15 is 0 Å². The molecule has 0 aliphatic heterocycles. The minimum atomic E-state index is -0.0380. The molecule has 26 heavy (non-hydrogen) atoms. The number of aliphatic hydroxyl groups is 1. The van der Waals surface area contributed by atoms with Crippen molar-refractivity contribution in [3.05, 3.63) is 84.9 Å². The van der Waals surface area contributed by atoms with E-state index in [0.717, 1.165) is 28.1 Å². The van der Waals surface area contributed by atoms with Crippen LogP contribution >= 0.6 is 0 Å². The van der Waals surface area contributed by atoms with Crippen molar-refractivity contribution in [3.8, 4) is 11.1 Å². The normalized spacial score (nSPS) is 11.9. The van der Waals surface area contributed by atoms with Crippen molar-refractivity contribution in [3.63, 3.8) is 0 Å². The number of hydrogen-bond acceptors (Lipinski definition) is 3. The molecule has 2 N–H and O–H groups in total. The monoisotopic (exact) mass is 344 g/mol. The lowest BCUT2D eigenvalue weighted by Gasteiger charge is -2.15. The lowest BCUT2D eigenvalue weighted by Crippen LogP contribution is -2.21. The second-order valence-electron chi connectivity index (χ2n) is 6.70. The zero-order valence-corrected chi connectivity index (χ0v) is 15.3. The summed E-state index contributed by atoms with van der Waals surface area (Å²) in [5, 5.41) is 15.1. The number of pyridine rings is 1. The van der Waals surface area contributed by atoms with E-state index in [-0.39, 0.29) is 11.7 Å². The van der Waals surface area contributed by atoms with E-state index in [2.05, 4.69) is 65.9 Å². The number of aromatic nitrogens is 1. The molecule has 0 bridgehead atoms. The van der Waals surface area contributed by atoms with Gasteiger partial charge in [0.05, 0.1) is 17.2 Å². The zero-order valence-electron chi connectivity index (χ0n) is 15.3. The summed E-state index contributed by atoms with van der Waals surface area (Å²) in [4.78, 5) is 4.61. The van der Waals surface area contributed by atoms with E-state index in [0.29, 0.717) is 6.54 Å². The van der Waals surface area contributed by atoms with Crippen LogP contribution in [0.3, 0.4) is 0 Å². The van der Waals surface area contributed by atoms with Gasteiger partial charge >= 0.3 is 0 Å². The molecular weight excluding hydrogens is 320 g/mol. The molecule has 3 rings (SSSR count). The summed E-state index contributed by atoms with van der Waals surface area (Å²) >= 11 is 0. The molecule has 1 unspecified atom stereocenters. The van der Waals surface area contributed by atoms with Gasteiger partial charge in [0, 0.05) is 24.2 Å². The van der Waals surface area contributed by atoms with Gasteiger partial charge in [-0.05, 0) is 41.0 Å². The van der Waals surface area contributed by atoms with Crippen molar-refractivity contribution in [2.24, 2.45) is 5.92 Å². The van der Waals surface area contributed by atoms with Crippen LogP contribution < -0.4 is 5.32 Å². The Morgan fingerprint density at radius 2 is 1.81 bits per heavy atom. The fraction of sp³-hybridized carbons (Fsp3) is 0.174. The van der Waals surface area contributed by atoms with Crippen LogP contribution in [0.2, 0.25) is 0 Å². The Labute approximate surface area is 154 Å². The molecular formula is C23H24N2O. The summed E-state index contributed by atoms with van der Waals surface area (Å²) in [6, 6.07) is 16.9. The number of fused-ring (bicyclic) bond motifs is 1. The van der Waals surface area contributed by atoms with Crippen LogP contribution in [-0.4, -0.2) is 16.6 Å².